The molecule has 4 rings (SSSR count). The van der Waals surface area contributed by atoms with Crippen molar-refractivity contribution in [2.75, 3.05) is 13.1 Å². The summed E-state index contributed by atoms with van der Waals surface area (Å²) >= 11 is 1.47. The third-order valence-electron chi connectivity index (χ3n) is 4.61. The quantitative estimate of drug-likeness (QED) is 0.755. The van der Waals surface area contributed by atoms with Crippen molar-refractivity contribution < 1.29 is 14.3 Å². The minimum Gasteiger partial charge on any atom is -0.449 e. The Bertz CT molecular complexity index is 797. The first kappa shape index (κ1) is 14.5. The molecule has 1 spiro atoms. The Morgan fingerprint density at radius 3 is 2.96 bits per heavy atom. The normalized spacial score (nSPS) is 23.0. The van der Waals surface area contributed by atoms with E-state index in [1.807, 2.05) is 41.5 Å². The third-order valence-corrected chi connectivity index (χ3v) is 5.65. The van der Waals surface area contributed by atoms with Crippen LogP contribution in [0.25, 0.3) is 0 Å². The monoisotopic (exact) mass is 327 g/mol. The summed E-state index contributed by atoms with van der Waals surface area (Å²) < 4.78 is 5.75. The topological polar surface area (TPSA) is 46.6 Å². The van der Waals surface area contributed by atoms with Crippen LogP contribution in [0.3, 0.4) is 0 Å². The molecule has 1 saturated heterocycles. The lowest BCUT2D eigenvalue weighted by Crippen LogP contribution is -2.48. The maximum Gasteiger partial charge on any atom is 0.339 e. The molecular weight excluding hydrogens is 310 g/mol. The van der Waals surface area contributed by atoms with E-state index in [9.17, 15) is 9.59 Å². The standard InChI is InChI=1S/C18H17NO3S/c1-12-9-15(23-10-12)16(20)19-8-4-7-18(11-19)14-6-3-2-5-13(14)17(21)22-18/h2-3,5-6,9-10H,4,7-8,11H2,1H3. The van der Waals surface area contributed by atoms with Crippen LogP contribution in [-0.2, 0) is 10.3 Å². The highest BCUT2D eigenvalue weighted by atomic mass is 32.1. The highest BCUT2D eigenvalue weighted by Gasteiger charge is 2.48. The van der Waals surface area contributed by atoms with Crippen LogP contribution in [0.1, 0.15) is 44.0 Å². The molecule has 1 aromatic heterocycles. The highest BCUT2D eigenvalue weighted by Crippen LogP contribution is 2.43. The van der Waals surface area contributed by atoms with Gasteiger partial charge in [-0.3, -0.25) is 4.79 Å². The van der Waals surface area contributed by atoms with Gasteiger partial charge in [0.25, 0.3) is 5.91 Å². The Kier molecular flexibility index (Phi) is 3.27. The second kappa shape index (κ2) is 5.20. The molecule has 1 atom stereocenters. The van der Waals surface area contributed by atoms with Crippen molar-refractivity contribution in [2.24, 2.45) is 0 Å². The van der Waals surface area contributed by atoms with Gasteiger partial charge in [-0.2, -0.15) is 0 Å². The number of carbonyl (C=O) groups is 2. The molecule has 2 aromatic rings. The average Bonchev–Trinajstić information content (AvgIpc) is 3.10. The molecule has 2 aliphatic heterocycles. The molecule has 23 heavy (non-hydrogen) atoms. The van der Waals surface area contributed by atoms with E-state index in [4.69, 9.17) is 4.74 Å². The summed E-state index contributed by atoms with van der Waals surface area (Å²) in [5.74, 6) is -0.246. The molecule has 4 nitrogen and oxygen atoms in total. The first-order valence-corrected chi connectivity index (χ1v) is 8.64. The van der Waals surface area contributed by atoms with E-state index in [-0.39, 0.29) is 11.9 Å². The zero-order valence-electron chi connectivity index (χ0n) is 12.9. The van der Waals surface area contributed by atoms with E-state index in [1.165, 1.54) is 11.3 Å². The molecule has 118 valence electrons. The molecule has 1 fully saturated rings. The molecule has 0 radical (unpaired) electrons. The zero-order chi connectivity index (χ0) is 16.0. The number of nitrogens with zero attached hydrogens (tertiary/aromatic N) is 1. The largest absolute Gasteiger partial charge is 0.449 e. The third kappa shape index (κ3) is 2.27. The number of aryl methyl sites for hydroxylation is 1. The minimum absolute atomic E-state index is 0.0302. The van der Waals surface area contributed by atoms with Gasteiger partial charge in [0.05, 0.1) is 17.0 Å². The molecule has 1 amide bonds. The van der Waals surface area contributed by atoms with Gasteiger partial charge in [-0.1, -0.05) is 18.2 Å². The Morgan fingerprint density at radius 1 is 1.35 bits per heavy atom. The number of benzene rings is 1. The number of fused-ring (bicyclic) bond motifs is 2. The number of ether oxygens (including phenoxy) is 1. The van der Waals surface area contributed by atoms with Crippen LogP contribution in [0.15, 0.2) is 35.7 Å². The lowest BCUT2D eigenvalue weighted by molar-refractivity contribution is -0.0441. The van der Waals surface area contributed by atoms with Crippen molar-refractivity contribution >= 4 is 23.2 Å². The van der Waals surface area contributed by atoms with E-state index in [0.29, 0.717) is 18.7 Å². The summed E-state index contributed by atoms with van der Waals surface area (Å²) in [7, 11) is 0. The van der Waals surface area contributed by atoms with Crippen LogP contribution in [0.4, 0.5) is 0 Å². The van der Waals surface area contributed by atoms with Crippen LogP contribution >= 0.6 is 11.3 Å². The molecule has 0 bridgehead atoms. The van der Waals surface area contributed by atoms with Crippen molar-refractivity contribution in [3.63, 3.8) is 0 Å². The van der Waals surface area contributed by atoms with E-state index >= 15 is 0 Å². The second-order valence-corrected chi connectivity index (χ2v) is 7.16. The Balaban J connectivity index is 1.66. The fourth-order valence-electron chi connectivity index (χ4n) is 3.54. The molecule has 5 heteroatoms. The van der Waals surface area contributed by atoms with E-state index in [0.717, 1.165) is 28.8 Å². The zero-order valence-corrected chi connectivity index (χ0v) is 13.7. The fraction of sp³-hybridized carbons (Fsp3) is 0.333. The van der Waals surface area contributed by atoms with Gasteiger partial charge in [-0.25, -0.2) is 4.79 Å². The number of likely N-dealkylation sites (tertiary alicyclic amines) is 1. The summed E-state index contributed by atoms with van der Waals surface area (Å²) in [5, 5.41) is 1.98. The predicted octanol–water partition coefficient (Wildman–Crippen LogP) is 3.36. The first-order valence-electron chi connectivity index (χ1n) is 7.76. The van der Waals surface area contributed by atoms with Crippen LogP contribution in [0.5, 0.6) is 0 Å². The van der Waals surface area contributed by atoms with Gasteiger partial charge in [-0.05, 0) is 42.8 Å². The maximum absolute atomic E-state index is 12.7. The molecule has 0 aliphatic carbocycles. The van der Waals surface area contributed by atoms with E-state index in [1.54, 1.807) is 6.07 Å². The van der Waals surface area contributed by atoms with Gasteiger partial charge in [0.15, 0.2) is 5.60 Å². The fourth-order valence-corrected chi connectivity index (χ4v) is 4.41. The van der Waals surface area contributed by atoms with Crippen molar-refractivity contribution in [2.45, 2.75) is 25.4 Å². The second-order valence-electron chi connectivity index (χ2n) is 6.25. The molecule has 0 N–H and O–H groups in total. The summed E-state index contributed by atoms with van der Waals surface area (Å²) in [4.78, 5) is 27.5. The predicted molar refractivity (Wildman–Crippen MR) is 87.7 cm³/mol. The van der Waals surface area contributed by atoms with Crippen LogP contribution in [-0.4, -0.2) is 29.9 Å². The summed E-state index contributed by atoms with van der Waals surface area (Å²) in [6, 6.07) is 9.44. The number of esters is 1. The minimum atomic E-state index is -0.673. The number of piperidine rings is 1. The average molecular weight is 327 g/mol. The summed E-state index contributed by atoms with van der Waals surface area (Å²) in [6.45, 7) is 3.13. The van der Waals surface area contributed by atoms with Gasteiger partial charge in [0.1, 0.15) is 0 Å². The first-order chi connectivity index (χ1) is 11.1. The van der Waals surface area contributed by atoms with Gasteiger partial charge in [-0.15, -0.1) is 11.3 Å². The van der Waals surface area contributed by atoms with Gasteiger partial charge < -0.3 is 9.64 Å². The van der Waals surface area contributed by atoms with Crippen molar-refractivity contribution in [1.29, 1.82) is 0 Å². The Morgan fingerprint density at radius 2 is 2.17 bits per heavy atom. The molecular formula is C18H17NO3S. The number of hydrogen-bond acceptors (Lipinski definition) is 4. The van der Waals surface area contributed by atoms with Crippen LogP contribution in [0, 0.1) is 6.92 Å². The van der Waals surface area contributed by atoms with Crippen molar-refractivity contribution in [1.82, 2.24) is 4.90 Å². The smallest absolute Gasteiger partial charge is 0.339 e. The van der Waals surface area contributed by atoms with Gasteiger partial charge in [0, 0.05) is 12.1 Å². The summed E-state index contributed by atoms with van der Waals surface area (Å²) in [6.07, 6.45) is 1.60. The maximum atomic E-state index is 12.7. The van der Waals surface area contributed by atoms with Gasteiger partial charge in [0.2, 0.25) is 0 Å². The van der Waals surface area contributed by atoms with Crippen LogP contribution in [0.2, 0.25) is 0 Å². The molecule has 2 aliphatic rings. The highest BCUT2D eigenvalue weighted by molar-refractivity contribution is 7.12. The number of amides is 1. The SMILES string of the molecule is Cc1csc(C(=O)N2CCCC3(C2)OC(=O)c2ccccc23)c1. The molecule has 0 saturated carbocycles. The van der Waals surface area contributed by atoms with Crippen molar-refractivity contribution in [3.05, 3.63) is 57.3 Å². The number of hydrogen-bond donors (Lipinski definition) is 0. The Labute approximate surface area is 138 Å². The van der Waals surface area contributed by atoms with Crippen LogP contribution < -0.4 is 0 Å². The lowest BCUT2D eigenvalue weighted by Gasteiger charge is -2.39. The number of thiophene rings is 1. The van der Waals surface area contributed by atoms with Crippen molar-refractivity contribution in [3.8, 4) is 0 Å². The number of rotatable bonds is 1. The van der Waals surface area contributed by atoms with E-state index < -0.39 is 5.60 Å². The molecule has 1 unspecified atom stereocenters. The molecule has 3 heterocycles. The lowest BCUT2D eigenvalue weighted by atomic mass is 9.85. The summed E-state index contributed by atoms with van der Waals surface area (Å²) in [5.41, 5.74) is 1.98. The number of carbonyl (C=O) groups excluding carboxylic acids is 2. The Hall–Kier alpha value is -2.14. The van der Waals surface area contributed by atoms with E-state index in [2.05, 4.69) is 0 Å². The van der Waals surface area contributed by atoms with Gasteiger partial charge >= 0.3 is 5.97 Å². The molecule has 1 aromatic carbocycles.